The number of amides is 1. The smallest absolute Gasteiger partial charge is 0.227 e. The van der Waals surface area contributed by atoms with Crippen molar-refractivity contribution in [1.82, 2.24) is 24.6 Å². The number of carbonyl (C=O) groups excluding carboxylic acids is 1. The Labute approximate surface area is 189 Å². The zero-order valence-electron chi connectivity index (χ0n) is 18.9. The lowest BCUT2D eigenvalue weighted by atomic mass is 10.1. The lowest BCUT2D eigenvalue weighted by Crippen LogP contribution is -2.49. The summed E-state index contributed by atoms with van der Waals surface area (Å²) in [5.41, 5.74) is 2.26. The number of hydrogen-bond donors (Lipinski definition) is 0. The van der Waals surface area contributed by atoms with Crippen LogP contribution in [0.2, 0.25) is 0 Å². The predicted molar refractivity (Wildman–Crippen MR) is 127 cm³/mol. The fourth-order valence-electron chi connectivity index (χ4n) is 4.72. The summed E-state index contributed by atoms with van der Waals surface area (Å²) in [6, 6.07) is 12.4. The van der Waals surface area contributed by atoms with Crippen molar-refractivity contribution in [3.05, 3.63) is 48.2 Å². The standard InChI is InChI=1S/C24H31N7O/c1-27-9-11-29(12-10-27)22-7-8-23(26-25-22)30-13-15-31(16-14-30)24(32)17-19-18-28(2)21-6-4-3-5-20(19)21/h3-8,18H,9-17H2,1-2H3. The number of aromatic nitrogens is 3. The Balaban J connectivity index is 1.17. The minimum absolute atomic E-state index is 0.192. The molecular weight excluding hydrogens is 402 g/mol. The normalized spacial score (nSPS) is 17.9. The lowest BCUT2D eigenvalue weighted by molar-refractivity contribution is -0.130. The van der Waals surface area contributed by atoms with Crippen LogP contribution >= 0.6 is 0 Å². The van der Waals surface area contributed by atoms with Crippen molar-refractivity contribution in [2.45, 2.75) is 6.42 Å². The Morgan fingerprint density at radius 2 is 1.41 bits per heavy atom. The highest BCUT2D eigenvalue weighted by Crippen LogP contribution is 2.22. The van der Waals surface area contributed by atoms with Crippen LogP contribution in [0.1, 0.15) is 5.56 Å². The van der Waals surface area contributed by atoms with Crippen LogP contribution in [0.15, 0.2) is 42.6 Å². The fourth-order valence-corrected chi connectivity index (χ4v) is 4.72. The average molecular weight is 434 g/mol. The number of rotatable bonds is 4. The minimum atomic E-state index is 0.192. The van der Waals surface area contributed by atoms with E-state index in [1.54, 1.807) is 0 Å². The third-order valence-corrected chi connectivity index (χ3v) is 6.74. The molecule has 0 bridgehead atoms. The average Bonchev–Trinajstić information content (AvgIpc) is 3.15. The largest absolute Gasteiger partial charge is 0.353 e. The summed E-state index contributed by atoms with van der Waals surface area (Å²) in [5.74, 6) is 2.03. The second-order valence-corrected chi connectivity index (χ2v) is 8.87. The Kier molecular flexibility index (Phi) is 5.70. The first kappa shape index (κ1) is 20.8. The molecule has 1 aromatic carbocycles. The van der Waals surface area contributed by atoms with Crippen LogP contribution < -0.4 is 9.80 Å². The summed E-state index contributed by atoms with van der Waals surface area (Å²) in [4.78, 5) is 21.8. The molecule has 168 valence electrons. The van der Waals surface area contributed by atoms with E-state index in [1.165, 1.54) is 5.52 Å². The second-order valence-electron chi connectivity index (χ2n) is 8.87. The fraction of sp³-hybridized carbons (Fsp3) is 0.458. The number of piperazine rings is 2. The molecule has 0 spiro atoms. The summed E-state index contributed by atoms with van der Waals surface area (Å²) >= 11 is 0. The number of benzene rings is 1. The van der Waals surface area contributed by atoms with Crippen LogP contribution in [0.3, 0.4) is 0 Å². The highest BCUT2D eigenvalue weighted by Gasteiger charge is 2.23. The van der Waals surface area contributed by atoms with E-state index in [1.807, 2.05) is 24.1 Å². The zero-order chi connectivity index (χ0) is 22.1. The first-order valence-electron chi connectivity index (χ1n) is 11.4. The van der Waals surface area contributed by atoms with Gasteiger partial charge in [-0.1, -0.05) is 18.2 Å². The quantitative estimate of drug-likeness (QED) is 0.623. The Morgan fingerprint density at radius 1 is 0.812 bits per heavy atom. The van der Waals surface area contributed by atoms with E-state index >= 15 is 0 Å². The van der Waals surface area contributed by atoms with E-state index in [0.29, 0.717) is 19.5 Å². The molecule has 8 nitrogen and oxygen atoms in total. The molecule has 5 rings (SSSR count). The van der Waals surface area contributed by atoms with Crippen molar-refractivity contribution in [2.24, 2.45) is 7.05 Å². The third kappa shape index (κ3) is 4.14. The van der Waals surface area contributed by atoms with Gasteiger partial charge in [-0.25, -0.2) is 0 Å². The zero-order valence-corrected chi connectivity index (χ0v) is 18.9. The maximum atomic E-state index is 13.0. The van der Waals surface area contributed by atoms with E-state index < -0.39 is 0 Å². The van der Waals surface area contributed by atoms with Crippen LogP contribution in [0.4, 0.5) is 11.6 Å². The van der Waals surface area contributed by atoms with Crippen molar-refractivity contribution in [3.63, 3.8) is 0 Å². The molecule has 4 heterocycles. The van der Waals surface area contributed by atoms with Crippen LogP contribution in [-0.2, 0) is 18.3 Å². The predicted octanol–water partition coefficient (Wildman–Crippen LogP) is 1.61. The van der Waals surface area contributed by atoms with Crippen molar-refractivity contribution < 1.29 is 4.79 Å². The Hall–Kier alpha value is -3.13. The van der Waals surface area contributed by atoms with Gasteiger partial charge in [0, 0.05) is 76.5 Å². The number of anilines is 2. The van der Waals surface area contributed by atoms with Crippen LogP contribution in [0.25, 0.3) is 10.9 Å². The molecule has 0 radical (unpaired) electrons. The molecule has 0 aliphatic carbocycles. The van der Waals surface area contributed by atoms with E-state index in [0.717, 1.165) is 61.9 Å². The maximum absolute atomic E-state index is 13.0. The SMILES string of the molecule is CN1CCN(c2ccc(N3CCN(C(=O)Cc4cn(C)c5ccccc45)CC3)nn2)CC1. The maximum Gasteiger partial charge on any atom is 0.227 e. The monoisotopic (exact) mass is 433 g/mol. The van der Waals surface area contributed by atoms with Gasteiger partial charge >= 0.3 is 0 Å². The van der Waals surface area contributed by atoms with Gasteiger partial charge < -0.3 is 24.2 Å². The summed E-state index contributed by atoms with van der Waals surface area (Å²) in [6.45, 7) is 7.07. The van der Waals surface area contributed by atoms with Crippen molar-refractivity contribution in [3.8, 4) is 0 Å². The number of fused-ring (bicyclic) bond motifs is 1. The summed E-state index contributed by atoms with van der Waals surface area (Å²) in [5, 5.41) is 10.1. The highest BCUT2D eigenvalue weighted by atomic mass is 16.2. The molecular formula is C24H31N7O. The molecule has 3 aromatic rings. The van der Waals surface area contributed by atoms with Crippen LogP contribution in [0, 0.1) is 0 Å². The van der Waals surface area contributed by atoms with Gasteiger partial charge in [0.15, 0.2) is 11.6 Å². The van der Waals surface area contributed by atoms with E-state index in [4.69, 9.17) is 0 Å². The first-order valence-corrected chi connectivity index (χ1v) is 11.4. The first-order chi connectivity index (χ1) is 15.6. The van der Waals surface area contributed by atoms with E-state index in [-0.39, 0.29) is 5.91 Å². The molecule has 0 atom stereocenters. The topological polar surface area (TPSA) is 60.7 Å². The Morgan fingerprint density at radius 3 is 2.03 bits per heavy atom. The molecule has 2 fully saturated rings. The van der Waals surface area contributed by atoms with Gasteiger partial charge in [0.25, 0.3) is 0 Å². The number of likely N-dealkylation sites (N-methyl/N-ethyl adjacent to an activating group) is 1. The minimum Gasteiger partial charge on any atom is -0.353 e. The van der Waals surface area contributed by atoms with Crippen molar-refractivity contribution in [1.29, 1.82) is 0 Å². The molecule has 0 N–H and O–H groups in total. The number of carbonyl (C=O) groups is 1. The molecule has 1 amide bonds. The molecule has 2 aliphatic rings. The Bertz CT molecular complexity index is 1080. The van der Waals surface area contributed by atoms with Crippen molar-refractivity contribution in [2.75, 3.05) is 69.2 Å². The number of para-hydroxylation sites is 1. The molecule has 8 heteroatoms. The third-order valence-electron chi connectivity index (χ3n) is 6.74. The number of hydrogen-bond acceptors (Lipinski definition) is 6. The van der Waals surface area contributed by atoms with Crippen molar-refractivity contribution >= 4 is 28.4 Å². The summed E-state index contributed by atoms with van der Waals surface area (Å²) in [7, 11) is 4.18. The summed E-state index contributed by atoms with van der Waals surface area (Å²) in [6.07, 6.45) is 2.53. The number of aryl methyl sites for hydroxylation is 1. The van der Waals surface area contributed by atoms with Crippen LogP contribution in [0.5, 0.6) is 0 Å². The van der Waals surface area contributed by atoms with E-state index in [2.05, 4.69) is 67.0 Å². The molecule has 32 heavy (non-hydrogen) atoms. The lowest BCUT2D eigenvalue weighted by Gasteiger charge is -2.36. The molecule has 2 aliphatic heterocycles. The van der Waals surface area contributed by atoms with Gasteiger partial charge in [-0.3, -0.25) is 4.79 Å². The van der Waals surface area contributed by atoms with Gasteiger partial charge in [0.2, 0.25) is 5.91 Å². The van der Waals surface area contributed by atoms with Gasteiger partial charge in [-0.05, 0) is 30.8 Å². The molecule has 0 saturated carbocycles. The van der Waals surface area contributed by atoms with Gasteiger partial charge in [0.05, 0.1) is 6.42 Å². The van der Waals surface area contributed by atoms with Crippen LogP contribution in [-0.4, -0.2) is 89.9 Å². The van der Waals surface area contributed by atoms with E-state index in [9.17, 15) is 4.79 Å². The van der Waals surface area contributed by atoms with Gasteiger partial charge in [-0.2, -0.15) is 0 Å². The molecule has 0 unspecified atom stereocenters. The van der Waals surface area contributed by atoms with Gasteiger partial charge in [0.1, 0.15) is 0 Å². The van der Waals surface area contributed by atoms with Gasteiger partial charge in [-0.15, -0.1) is 10.2 Å². The molecule has 2 aromatic heterocycles. The highest BCUT2D eigenvalue weighted by molar-refractivity contribution is 5.89. The summed E-state index contributed by atoms with van der Waals surface area (Å²) < 4.78 is 2.10. The molecule has 2 saturated heterocycles. The second kappa shape index (κ2) is 8.78. The number of nitrogens with zero attached hydrogens (tertiary/aromatic N) is 7.